The molecule has 5 aromatic rings. The van der Waals surface area contributed by atoms with Crippen LogP contribution in [0.5, 0.6) is 0 Å². The van der Waals surface area contributed by atoms with E-state index >= 15 is 0 Å². The zero-order chi connectivity index (χ0) is 32.6. The van der Waals surface area contributed by atoms with Crippen LogP contribution in [0.15, 0.2) is 115 Å². The molecule has 1 aromatic heterocycles. The van der Waals surface area contributed by atoms with Gasteiger partial charge in [0, 0.05) is 45.8 Å². The maximum absolute atomic E-state index is 13.7. The summed E-state index contributed by atoms with van der Waals surface area (Å²) in [5.41, 5.74) is 13.9. The predicted molar refractivity (Wildman–Crippen MR) is 193 cm³/mol. The molecule has 1 saturated heterocycles. The molecular formula is C39H41N5O2S. The van der Waals surface area contributed by atoms with Crippen molar-refractivity contribution < 1.29 is 9.59 Å². The maximum atomic E-state index is 13.7. The summed E-state index contributed by atoms with van der Waals surface area (Å²) in [4.78, 5) is 34.2. The number of carbonyl (C=O) groups is 2. The Labute approximate surface area is 281 Å². The number of rotatable bonds is 11. The van der Waals surface area contributed by atoms with Crippen LogP contribution in [0.25, 0.3) is 11.1 Å². The average molecular weight is 644 g/mol. The van der Waals surface area contributed by atoms with E-state index in [2.05, 4.69) is 64.6 Å². The normalized spacial score (nSPS) is 13.4. The third-order valence-corrected chi connectivity index (χ3v) is 9.49. The lowest BCUT2D eigenvalue weighted by Crippen LogP contribution is -2.44. The van der Waals surface area contributed by atoms with Crippen LogP contribution in [0, 0.1) is 0 Å². The van der Waals surface area contributed by atoms with Crippen LogP contribution in [-0.4, -0.2) is 54.8 Å². The number of carbonyl (C=O) groups excluding carboxylic acids is 2. The van der Waals surface area contributed by atoms with Crippen LogP contribution in [0.2, 0.25) is 0 Å². The number of hydrogen-bond acceptors (Lipinski definition) is 6. The number of nitrogens with one attached hydrogen (secondary N) is 1. The van der Waals surface area contributed by atoms with Gasteiger partial charge in [0.2, 0.25) is 5.91 Å². The highest BCUT2D eigenvalue weighted by Crippen LogP contribution is 2.33. The summed E-state index contributed by atoms with van der Waals surface area (Å²) in [6, 6.07) is 36.4. The summed E-state index contributed by atoms with van der Waals surface area (Å²) in [5.74, 6) is -0.0394. The number of amides is 2. The van der Waals surface area contributed by atoms with E-state index in [0.29, 0.717) is 30.9 Å². The summed E-state index contributed by atoms with van der Waals surface area (Å²) in [6.45, 7) is 5.14. The minimum atomic E-state index is -0.104. The van der Waals surface area contributed by atoms with Gasteiger partial charge in [0.25, 0.3) is 5.91 Å². The number of nitrogens with zero attached hydrogens (tertiary/aromatic N) is 3. The zero-order valence-corrected chi connectivity index (χ0v) is 27.6. The molecule has 1 aliphatic rings. The van der Waals surface area contributed by atoms with Gasteiger partial charge in [0.05, 0.1) is 22.7 Å². The zero-order valence-electron chi connectivity index (χ0n) is 26.8. The van der Waals surface area contributed by atoms with Gasteiger partial charge in [0.1, 0.15) is 0 Å². The van der Waals surface area contributed by atoms with Gasteiger partial charge in [-0.15, -0.1) is 11.3 Å². The van der Waals surface area contributed by atoms with Gasteiger partial charge >= 0.3 is 0 Å². The fourth-order valence-electron chi connectivity index (χ4n) is 5.99. The standard InChI is InChI=1S/C39H41N5O2S/c1-42-17-19-43(20-18-42)36-16-15-34(25-35(36)41-39(46)37-14-7-21-47-37)33-13-6-12-32(23-33)28-44(27-31-11-5-10-30(22-31)26-40)38(45)24-29-8-3-2-4-9-29/h2-16,21-23,25H,17-20,24,26-28,40H2,1H3,(H,41,46). The van der Waals surface area contributed by atoms with Crippen LogP contribution in [0.4, 0.5) is 11.4 Å². The lowest BCUT2D eigenvalue weighted by Gasteiger charge is -2.35. The van der Waals surface area contributed by atoms with Crippen molar-refractivity contribution >= 4 is 34.5 Å². The Balaban J connectivity index is 1.28. The molecule has 2 heterocycles. The molecule has 3 N–H and O–H groups in total. The first-order valence-corrected chi connectivity index (χ1v) is 16.9. The number of nitrogens with two attached hydrogens (primary N) is 1. The van der Waals surface area contributed by atoms with Crippen molar-refractivity contribution in [2.24, 2.45) is 5.73 Å². The van der Waals surface area contributed by atoms with Gasteiger partial charge in [0.15, 0.2) is 0 Å². The molecule has 7 nitrogen and oxygen atoms in total. The second-order valence-corrected chi connectivity index (χ2v) is 13.0. The van der Waals surface area contributed by atoms with E-state index < -0.39 is 0 Å². The van der Waals surface area contributed by atoms with Gasteiger partial charge in [-0.05, 0) is 70.1 Å². The van der Waals surface area contributed by atoms with Crippen LogP contribution in [0.3, 0.4) is 0 Å². The van der Waals surface area contributed by atoms with Gasteiger partial charge in [-0.3, -0.25) is 9.59 Å². The van der Waals surface area contributed by atoms with E-state index in [9.17, 15) is 9.59 Å². The first-order chi connectivity index (χ1) is 22.9. The fraction of sp³-hybridized carbons (Fsp3) is 0.231. The van der Waals surface area contributed by atoms with Gasteiger partial charge in [-0.25, -0.2) is 0 Å². The minimum Gasteiger partial charge on any atom is -0.367 e. The Bertz CT molecular complexity index is 1800. The Hall–Kier alpha value is -4.76. The predicted octanol–water partition coefficient (Wildman–Crippen LogP) is 6.65. The molecule has 8 heteroatoms. The molecule has 0 atom stereocenters. The van der Waals surface area contributed by atoms with E-state index in [1.54, 1.807) is 0 Å². The number of piperazine rings is 1. The van der Waals surface area contributed by atoms with E-state index in [1.165, 1.54) is 11.3 Å². The number of anilines is 2. The quantitative estimate of drug-likeness (QED) is 0.169. The highest BCUT2D eigenvalue weighted by Gasteiger charge is 2.20. The van der Waals surface area contributed by atoms with E-state index in [4.69, 9.17) is 5.73 Å². The van der Waals surface area contributed by atoms with Crippen molar-refractivity contribution in [2.75, 3.05) is 43.4 Å². The minimum absolute atomic E-state index is 0.0647. The molecule has 0 spiro atoms. The Kier molecular flexibility index (Phi) is 10.4. The Morgan fingerprint density at radius 2 is 1.43 bits per heavy atom. The summed E-state index contributed by atoms with van der Waals surface area (Å²) >= 11 is 1.43. The van der Waals surface area contributed by atoms with Crippen LogP contribution < -0.4 is 16.0 Å². The summed E-state index contributed by atoms with van der Waals surface area (Å²) < 4.78 is 0. The monoisotopic (exact) mass is 643 g/mol. The van der Waals surface area contributed by atoms with Crippen LogP contribution in [0.1, 0.15) is 31.9 Å². The van der Waals surface area contributed by atoms with Crippen molar-refractivity contribution in [3.05, 3.63) is 142 Å². The second-order valence-electron chi connectivity index (χ2n) is 12.1. The van der Waals surface area contributed by atoms with E-state index in [0.717, 1.165) is 70.9 Å². The number of likely N-dealkylation sites (N-methyl/N-ethyl adjacent to an activating group) is 1. The van der Waals surface area contributed by atoms with Crippen molar-refractivity contribution in [1.29, 1.82) is 0 Å². The molecule has 47 heavy (non-hydrogen) atoms. The van der Waals surface area contributed by atoms with Crippen molar-refractivity contribution in [3.63, 3.8) is 0 Å². The van der Waals surface area contributed by atoms with Crippen molar-refractivity contribution in [2.45, 2.75) is 26.1 Å². The molecule has 240 valence electrons. The van der Waals surface area contributed by atoms with Gasteiger partial charge in [-0.1, -0.05) is 84.9 Å². The first kappa shape index (κ1) is 32.2. The van der Waals surface area contributed by atoms with E-state index in [-0.39, 0.29) is 11.8 Å². The van der Waals surface area contributed by atoms with Crippen molar-refractivity contribution in [1.82, 2.24) is 9.80 Å². The molecular weight excluding hydrogens is 603 g/mol. The number of benzene rings is 4. The molecule has 0 radical (unpaired) electrons. The maximum Gasteiger partial charge on any atom is 0.265 e. The molecule has 6 rings (SSSR count). The molecule has 0 bridgehead atoms. The molecule has 1 fully saturated rings. The first-order valence-electron chi connectivity index (χ1n) is 16.1. The van der Waals surface area contributed by atoms with Crippen LogP contribution in [-0.2, 0) is 30.8 Å². The Morgan fingerprint density at radius 3 is 2.15 bits per heavy atom. The lowest BCUT2D eigenvalue weighted by molar-refractivity contribution is -0.131. The molecule has 0 unspecified atom stereocenters. The summed E-state index contributed by atoms with van der Waals surface area (Å²) in [6.07, 6.45) is 0.332. The highest BCUT2D eigenvalue weighted by molar-refractivity contribution is 7.12. The third-order valence-electron chi connectivity index (χ3n) is 8.62. The van der Waals surface area contributed by atoms with Gasteiger partial charge in [-0.2, -0.15) is 0 Å². The molecule has 0 aliphatic carbocycles. The lowest BCUT2D eigenvalue weighted by atomic mass is 10.0. The SMILES string of the molecule is CN1CCN(c2ccc(-c3cccc(CN(Cc4cccc(CN)c4)C(=O)Cc4ccccc4)c3)cc2NC(=O)c2cccs2)CC1. The van der Waals surface area contributed by atoms with Crippen molar-refractivity contribution in [3.8, 4) is 11.1 Å². The Morgan fingerprint density at radius 1 is 0.745 bits per heavy atom. The molecule has 4 aromatic carbocycles. The molecule has 2 amide bonds. The van der Waals surface area contributed by atoms with Crippen LogP contribution >= 0.6 is 11.3 Å². The second kappa shape index (κ2) is 15.2. The average Bonchev–Trinajstić information content (AvgIpc) is 3.65. The third kappa shape index (κ3) is 8.34. The summed E-state index contributed by atoms with van der Waals surface area (Å²) in [5, 5.41) is 5.13. The molecule has 1 aliphatic heterocycles. The number of hydrogen-bond donors (Lipinski definition) is 2. The fourth-order valence-corrected chi connectivity index (χ4v) is 6.61. The smallest absolute Gasteiger partial charge is 0.265 e. The highest BCUT2D eigenvalue weighted by atomic mass is 32.1. The number of thiophene rings is 1. The molecule has 0 saturated carbocycles. The topological polar surface area (TPSA) is 81.9 Å². The summed E-state index contributed by atoms with van der Waals surface area (Å²) in [7, 11) is 2.14. The van der Waals surface area contributed by atoms with Gasteiger partial charge < -0.3 is 25.8 Å². The van der Waals surface area contributed by atoms with E-state index in [1.807, 2.05) is 77.0 Å². The largest absolute Gasteiger partial charge is 0.367 e.